The summed E-state index contributed by atoms with van der Waals surface area (Å²) in [6.45, 7) is 3.30. The third-order valence-corrected chi connectivity index (χ3v) is 3.37. The first-order chi connectivity index (χ1) is 5.74. The lowest BCUT2D eigenvalue weighted by Gasteiger charge is -2.07. The lowest BCUT2D eigenvalue weighted by atomic mass is 10.1. The molecule has 0 aliphatic heterocycles. The average molecular weight is 204 g/mol. The number of nitrogens with one attached hydrogen (secondary N) is 1. The highest BCUT2D eigenvalue weighted by Gasteiger charge is 2.06. The summed E-state index contributed by atoms with van der Waals surface area (Å²) < 4.78 is 0.890. The number of rotatable bonds is 4. The number of hydrogen-bond donors (Lipinski definition) is 1. The number of halogens is 1. The van der Waals surface area contributed by atoms with Crippen LogP contribution in [0.2, 0.25) is 4.34 Å². The van der Waals surface area contributed by atoms with Gasteiger partial charge in [-0.2, -0.15) is 0 Å². The molecule has 0 bridgehead atoms. The largest absolute Gasteiger partial charge is 0.320 e. The number of hydrogen-bond acceptors (Lipinski definition) is 2. The van der Waals surface area contributed by atoms with E-state index in [4.69, 9.17) is 11.6 Å². The monoisotopic (exact) mass is 203 g/mol. The molecule has 1 unspecified atom stereocenters. The van der Waals surface area contributed by atoms with Crippen LogP contribution < -0.4 is 5.32 Å². The zero-order valence-electron chi connectivity index (χ0n) is 7.43. The Morgan fingerprint density at radius 2 is 2.33 bits per heavy atom. The van der Waals surface area contributed by atoms with E-state index in [1.807, 2.05) is 13.1 Å². The molecule has 0 fully saturated rings. The van der Waals surface area contributed by atoms with Crippen LogP contribution in [0.1, 0.15) is 24.1 Å². The van der Waals surface area contributed by atoms with Gasteiger partial charge in [0.05, 0.1) is 4.34 Å². The molecule has 0 aromatic carbocycles. The van der Waals surface area contributed by atoms with Crippen LogP contribution in [0.25, 0.3) is 0 Å². The van der Waals surface area contributed by atoms with E-state index in [0.29, 0.717) is 5.92 Å². The first kappa shape index (κ1) is 10.0. The third-order valence-electron chi connectivity index (χ3n) is 1.91. The van der Waals surface area contributed by atoms with Crippen molar-refractivity contribution < 1.29 is 0 Å². The molecule has 68 valence electrons. The Balaban J connectivity index is 2.47. The Kier molecular flexibility index (Phi) is 4.06. The van der Waals surface area contributed by atoms with E-state index >= 15 is 0 Å². The van der Waals surface area contributed by atoms with Gasteiger partial charge in [0, 0.05) is 4.88 Å². The van der Waals surface area contributed by atoms with Crippen molar-refractivity contribution in [2.24, 2.45) is 0 Å². The molecular formula is C9H14ClNS. The molecule has 0 spiro atoms. The molecule has 0 saturated carbocycles. The van der Waals surface area contributed by atoms with Crippen LogP contribution in [0, 0.1) is 0 Å². The molecular weight excluding hydrogens is 190 g/mol. The van der Waals surface area contributed by atoms with Gasteiger partial charge < -0.3 is 5.32 Å². The van der Waals surface area contributed by atoms with E-state index < -0.39 is 0 Å². The minimum Gasteiger partial charge on any atom is -0.320 e. The molecule has 1 heterocycles. The van der Waals surface area contributed by atoms with Crippen molar-refractivity contribution in [2.75, 3.05) is 13.6 Å². The molecule has 1 aromatic heterocycles. The fourth-order valence-electron chi connectivity index (χ4n) is 1.10. The molecule has 1 rings (SSSR count). The van der Waals surface area contributed by atoms with E-state index in [1.165, 1.54) is 11.3 Å². The van der Waals surface area contributed by atoms with E-state index in [0.717, 1.165) is 10.9 Å². The standard InChI is InChI=1S/C9H14ClNS/c1-7(5-6-11-2)8-3-4-9(10)12-8/h3-4,7,11H,5-6H2,1-2H3. The third kappa shape index (κ3) is 2.77. The first-order valence-corrected chi connectivity index (χ1v) is 5.33. The Bertz CT molecular complexity index is 234. The summed E-state index contributed by atoms with van der Waals surface area (Å²) in [6.07, 6.45) is 1.17. The molecule has 12 heavy (non-hydrogen) atoms. The van der Waals surface area contributed by atoms with Crippen LogP contribution in [0.4, 0.5) is 0 Å². The minimum atomic E-state index is 0.620. The summed E-state index contributed by atoms with van der Waals surface area (Å²) >= 11 is 7.53. The fourth-order valence-corrected chi connectivity index (χ4v) is 2.24. The predicted octanol–water partition coefficient (Wildman–Crippen LogP) is 3.11. The van der Waals surface area contributed by atoms with Gasteiger partial charge in [0.25, 0.3) is 0 Å². The van der Waals surface area contributed by atoms with Crippen LogP contribution in [0.5, 0.6) is 0 Å². The molecule has 0 aliphatic carbocycles. The Morgan fingerprint density at radius 1 is 1.58 bits per heavy atom. The number of thiophene rings is 1. The highest BCUT2D eigenvalue weighted by atomic mass is 35.5. The summed E-state index contributed by atoms with van der Waals surface area (Å²) in [5.74, 6) is 0.620. The molecule has 1 N–H and O–H groups in total. The van der Waals surface area contributed by atoms with Gasteiger partial charge in [0.2, 0.25) is 0 Å². The van der Waals surface area contributed by atoms with Gasteiger partial charge in [-0.1, -0.05) is 18.5 Å². The van der Waals surface area contributed by atoms with Gasteiger partial charge >= 0.3 is 0 Å². The Hall–Kier alpha value is -0.0500. The van der Waals surface area contributed by atoms with Crippen molar-refractivity contribution in [3.8, 4) is 0 Å². The highest BCUT2D eigenvalue weighted by molar-refractivity contribution is 7.16. The molecule has 1 atom stereocenters. The highest BCUT2D eigenvalue weighted by Crippen LogP contribution is 2.29. The Labute approximate surface area is 82.7 Å². The molecule has 0 amide bonds. The van der Waals surface area contributed by atoms with Gasteiger partial charge in [-0.15, -0.1) is 11.3 Å². The van der Waals surface area contributed by atoms with Crippen LogP contribution in [0.15, 0.2) is 12.1 Å². The van der Waals surface area contributed by atoms with Crippen molar-refractivity contribution >= 4 is 22.9 Å². The smallest absolute Gasteiger partial charge is 0.0931 e. The molecule has 0 aliphatic rings. The van der Waals surface area contributed by atoms with Crippen LogP contribution in [0.3, 0.4) is 0 Å². The molecule has 1 aromatic rings. The van der Waals surface area contributed by atoms with Crippen molar-refractivity contribution in [1.82, 2.24) is 5.32 Å². The minimum absolute atomic E-state index is 0.620. The van der Waals surface area contributed by atoms with Gasteiger partial charge in [0.15, 0.2) is 0 Å². The van der Waals surface area contributed by atoms with E-state index in [-0.39, 0.29) is 0 Å². The second-order valence-corrected chi connectivity index (χ2v) is 4.68. The zero-order valence-corrected chi connectivity index (χ0v) is 9.00. The summed E-state index contributed by atoms with van der Waals surface area (Å²) in [7, 11) is 1.98. The molecule has 0 saturated heterocycles. The molecule has 1 nitrogen and oxygen atoms in total. The lowest BCUT2D eigenvalue weighted by Crippen LogP contribution is -2.10. The second-order valence-electron chi connectivity index (χ2n) is 2.94. The second kappa shape index (κ2) is 4.85. The van der Waals surface area contributed by atoms with Gasteiger partial charge in [-0.25, -0.2) is 0 Å². The maximum atomic E-state index is 5.84. The van der Waals surface area contributed by atoms with E-state index in [2.05, 4.69) is 18.3 Å². The molecule has 3 heteroatoms. The Morgan fingerprint density at radius 3 is 2.83 bits per heavy atom. The van der Waals surface area contributed by atoms with Crippen LogP contribution >= 0.6 is 22.9 Å². The molecule has 0 radical (unpaired) electrons. The van der Waals surface area contributed by atoms with Gasteiger partial charge in [0.1, 0.15) is 0 Å². The average Bonchev–Trinajstić information content (AvgIpc) is 2.47. The topological polar surface area (TPSA) is 12.0 Å². The van der Waals surface area contributed by atoms with Gasteiger partial charge in [-0.3, -0.25) is 0 Å². The quantitative estimate of drug-likeness (QED) is 0.793. The van der Waals surface area contributed by atoms with E-state index in [9.17, 15) is 0 Å². The summed E-state index contributed by atoms with van der Waals surface area (Å²) in [5, 5.41) is 3.15. The van der Waals surface area contributed by atoms with Crippen molar-refractivity contribution in [3.05, 3.63) is 21.3 Å². The first-order valence-electron chi connectivity index (χ1n) is 4.14. The summed E-state index contributed by atoms with van der Waals surface area (Å²) in [5.41, 5.74) is 0. The SMILES string of the molecule is CNCCC(C)c1ccc(Cl)s1. The van der Waals surface area contributed by atoms with Crippen LogP contribution in [-0.2, 0) is 0 Å². The van der Waals surface area contributed by atoms with Crippen molar-refractivity contribution in [2.45, 2.75) is 19.3 Å². The fraction of sp³-hybridized carbons (Fsp3) is 0.556. The van der Waals surface area contributed by atoms with Gasteiger partial charge in [-0.05, 0) is 38.1 Å². The van der Waals surface area contributed by atoms with Crippen molar-refractivity contribution in [3.63, 3.8) is 0 Å². The normalized spacial score (nSPS) is 13.2. The summed E-state index contributed by atoms with van der Waals surface area (Å²) in [6, 6.07) is 4.09. The maximum absolute atomic E-state index is 5.84. The van der Waals surface area contributed by atoms with Crippen LogP contribution in [-0.4, -0.2) is 13.6 Å². The maximum Gasteiger partial charge on any atom is 0.0931 e. The van der Waals surface area contributed by atoms with E-state index in [1.54, 1.807) is 11.3 Å². The lowest BCUT2D eigenvalue weighted by molar-refractivity contribution is 0.644. The zero-order chi connectivity index (χ0) is 8.97. The summed E-state index contributed by atoms with van der Waals surface area (Å²) in [4.78, 5) is 1.38. The van der Waals surface area contributed by atoms with Crippen molar-refractivity contribution in [1.29, 1.82) is 0 Å². The predicted molar refractivity (Wildman–Crippen MR) is 56.3 cm³/mol.